The Morgan fingerprint density at radius 2 is 1.58 bits per heavy atom. The van der Waals surface area contributed by atoms with Crippen molar-refractivity contribution in [1.29, 1.82) is 0 Å². The number of methoxy groups -OCH3 is 1. The van der Waals surface area contributed by atoms with Crippen molar-refractivity contribution in [3.05, 3.63) is 0 Å². The van der Waals surface area contributed by atoms with Crippen LogP contribution in [-0.4, -0.2) is 25.6 Å². The highest BCUT2D eigenvalue weighted by molar-refractivity contribution is 5.59. The Kier molecular flexibility index (Phi) is 2.83. The minimum absolute atomic E-state index is 0.606. The number of hydrogen-bond acceptors (Lipinski definition) is 3. The summed E-state index contributed by atoms with van der Waals surface area (Å²) in [5.74, 6) is 0. The first-order valence-electron chi connectivity index (χ1n) is 2.42. The molecule has 0 fully saturated rings. The van der Waals surface area contributed by atoms with Crippen LogP contribution in [0.4, 0.5) is 26.7 Å². The summed E-state index contributed by atoms with van der Waals surface area (Å²) in [6.07, 6.45) is -13.5. The van der Waals surface area contributed by atoms with Gasteiger partial charge in [-0.25, -0.2) is 4.79 Å². The van der Waals surface area contributed by atoms with Gasteiger partial charge in [-0.3, -0.25) is 0 Å². The van der Waals surface area contributed by atoms with Gasteiger partial charge in [0, 0.05) is 0 Å². The van der Waals surface area contributed by atoms with Crippen LogP contribution in [0.15, 0.2) is 0 Å². The molecule has 0 aromatic rings. The number of hydrogen-bond donors (Lipinski definition) is 0. The van der Waals surface area contributed by atoms with Crippen molar-refractivity contribution in [2.24, 2.45) is 0 Å². The van der Waals surface area contributed by atoms with Crippen LogP contribution in [0.1, 0.15) is 0 Å². The van der Waals surface area contributed by atoms with Gasteiger partial charge in [-0.2, -0.15) is 22.0 Å². The molecular formula is C4H3F5O3. The first-order valence-corrected chi connectivity index (χ1v) is 2.42. The highest BCUT2D eigenvalue weighted by Crippen LogP contribution is 2.36. The van der Waals surface area contributed by atoms with Crippen molar-refractivity contribution < 1.29 is 36.2 Å². The van der Waals surface area contributed by atoms with Gasteiger partial charge < -0.3 is 9.47 Å². The second kappa shape index (κ2) is 3.11. The smallest absolute Gasteiger partial charge is 0.437 e. The molecular weight excluding hydrogens is 191 g/mol. The van der Waals surface area contributed by atoms with Gasteiger partial charge in [-0.15, -0.1) is 0 Å². The fraction of sp³-hybridized carbons (Fsp3) is 0.750. The molecule has 0 atom stereocenters. The van der Waals surface area contributed by atoms with Gasteiger partial charge in [-0.1, -0.05) is 0 Å². The molecule has 3 nitrogen and oxygen atoms in total. The number of alkyl halides is 5. The SMILES string of the molecule is COC(=O)OC(F)(F)C(F)(F)F. The van der Waals surface area contributed by atoms with E-state index in [4.69, 9.17) is 0 Å². The maximum absolute atomic E-state index is 11.7. The van der Waals surface area contributed by atoms with Crippen LogP contribution in [0.25, 0.3) is 0 Å². The van der Waals surface area contributed by atoms with E-state index in [0.717, 1.165) is 0 Å². The zero-order chi connectivity index (χ0) is 9.99. The van der Waals surface area contributed by atoms with Crippen molar-refractivity contribution in [2.75, 3.05) is 7.11 Å². The van der Waals surface area contributed by atoms with Gasteiger partial charge in [0.05, 0.1) is 7.11 Å². The topological polar surface area (TPSA) is 35.5 Å². The van der Waals surface area contributed by atoms with E-state index in [0.29, 0.717) is 7.11 Å². The zero-order valence-corrected chi connectivity index (χ0v) is 5.61. The molecule has 0 bridgehead atoms. The molecule has 8 heteroatoms. The van der Waals surface area contributed by atoms with E-state index in [1.54, 1.807) is 0 Å². The first kappa shape index (κ1) is 10.9. The molecule has 0 amide bonds. The highest BCUT2D eigenvalue weighted by Gasteiger charge is 2.62. The quantitative estimate of drug-likeness (QED) is 0.472. The normalized spacial score (nSPS) is 12.5. The minimum atomic E-state index is -5.93. The van der Waals surface area contributed by atoms with Crippen LogP contribution >= 0.6 is 0 Å². The van der Waals surface area contributed by atoms with Crippen molar-refractivity contribution in [2.45, 2.75) is 12.3 Å². The minimum Gasteiger partial charge on any atom is -0.437 e. The monoisotopic (exact) mass is 194 g/mol. The fourth-order valence-electron chi connectivity index (χ4n) is 0.204. The summed E-state index contributed by atoms with van der Waals surface area (Å²) in [5, 5.41) is 0. The Bertz CT molecular complexity index is 174. The van der Waals surface area contributed by atoms with E-state index in [9.17, 15) is 26.7 Å². The number of carbonyl (C=O) groups is 1. The van der Waals surface area contributed by atoms with Crippen molar-refractivity contribution in [3.63, 3.8) is 0 Å². The van der Waals surface area contributed by atoms with Crippen LogP contribution < -0.4 is 0 Å². The molecule has 0 aliphatic heterocycles. The van der Waals surface area contributed by atoms with Crippen molar-refractivity contribution in [3.8, 4) is 0 Å². The summed E-state index contributed by atoms with van der Waals surface area (Å²) in [6.45, 7) is 0. The Labute approximate surface area is 63.1 Å². The molecule has 0 radical (unpaired) electrons. The molecule has 0 unspecified atom stereocenters. The lowest BCUT2D eigenvalue weighted by Crippen LogP contribution is -2.40. The van der Waals surface area contributed by atoms with Crippen LogP contribution in [0.3, 0.4) is 0 Å². The van der Waals surface area contributed by atoms with E-state index in [1.165, 1.54) is 0 Å². The molecule has 0 rings (SSSR count). The van der Waals surface area contributed by atoms with Crippen LogP contribution in [0.2, 0.25) is 0 Å². The Morgan fingerprint density at radius 3 is 1.83 bits per heavy atom. The lowest BCUT2D eigenvalue weighted by Gasteiger charge is -2.17. The third kappa shape index (κ3) is 2.51. The summed E-state index contributed by atoms with van der Waals surface area (Å²) in [4.78, 5) is 9.85. The molecule has 0 spiro atoms. The van der Waals surface area contributed by atoms with Gasteiger partial charge in [0.2, 0.25) is 0 Å². The van der Waals surface area contributed by atoms with E-state index in [-0.39, 0.29) is 0 Å². The molecule has 0 aromatic heterocycles. The molecule has 0 saturated carbocycles. The number of ether oxygens (including phenoxy) is 2. The van der Waals surface area contributed by atoms with E-state index in [2.05, 4.69) is 9.47 Å². The van der Waals surface area contributed by atoms with E-state index < -0.39 is 18.4 Å². The number of rotatable bonds is 1. The van der Waals surface area contributed by atoms with Gasteiger partial charge in [0.15, 0.2) is 0 Å². The number of carbonyl (C=O) groups excluding carboxylic acids is 1. The lowest BCUT2D eigenvalue weighted by molar-refractivity contribution is -0.374. The predicted molar refractivity (Wildman–Crippen MR) is 24.5 cm³/mol. The molecule has 12 heavy (non-hydrogen) atoms. The van der Waals surface area contributed by atoms with Gasteiger partial charge in [0.25, 0.3) is 0 Å². The van der Waals surface area contributed by atoms with E-state index in [1.807, 2.05) is 0 Å². The standard InChI is InChI=1S/C4H3F5O3/c1-11-2(10)12-4(8,9)3(5,6)7/h1H3. The fourth-order valence-corrected chi connectivity index (χ4v) is 0.204. The van der Waals surface area contributed by atoms with Gasteiger partial charge in [-0.05, 0) is 0 Å². The van der Waals surface area contributed by atoms with E-state index >= 15 is 0 Å². The van der Waals surface area contributed by atoms with Crippen LogP contribution in [0, 0.1) is 0 Å². The second-order valence-corrected chi connectivity index (χ2v) is 1.57. The lowest BCUT2D eigenvalue weighted by atomic mass is 10.6. The summed E-state index contributed by atoms with van der Waals surface area (Å²) in [7, 11) is 0.606. The predicted octanol–water partition coefficient (Wildman–Crippen LogP) is 1.92. The highest BCUT2D eigenvalue weighted by atomic mass is 19.4. The molecule has 0 aliphatic rings. The van der Waals surface area contributed by atoms with Crippen molar-refractivity contribution >= 4 is 6.16 Å². The molecule has 0 N–H and O–H groups in total. The van der Waals surface area contributed by atoms with Gasteiger partial charge >= 0.3 is 18.4 Å². The van der Waals surface area contributed by atoms with Gasteiger partial charge in [0.1, 0.15) is 0 Å². The summed E-state index contributed by atoms with van der Waals surface area (Å²) >= 11 is 0. The molecule has 0 aliphatic carbocycles. The number of halogens is 5. The average molecular weight is 194 g/mol. The molecule has 0 saturated heterocycles. The Hall–Kier alpha value is -1.08. The van der Waals surface area contributed by atoms with Crippen LogP contribution in [-0.2, 0) is 9.47 Å². The summed E-state index contributed by atoms with van der Waals surface area (Å²) in [5.41, 5.74) is 0. The summed E-state index contributed by atoms with van der Waals surface area (Å²) < 4.78 is 63.3. The third-order valence-corrected chi connectivity index (χ3v) is 0.708. The maximum atomic E-state index is 11.7. The largest absolute Gasteiger partial charge is 0.512 e. The molecule has 0 aromatic carbocycles. The Morgan fingerprint density at radius 1 is 1.17 bits per heavy atom. The molecule has 72 valence electrons. The zero-order valence-electron chi connectivity index (χ0n) is 5.61. The van der Waals surface area contributed by atoms with Crippen molar-refractivity contribution in [1.82, 2.24) is 0 Å². The summed E-state index contributed by atoms with van der Waals surface area (Å²) in [6, 6.07) is 0. The second-order valence-electron chi connectivity index (χ2n) is 1.57. The first-order chi connectivity index (χ1) is 5.20. The molecule has 0 heterocycles. The van der Waals surface area contributed by atoms with Crippen LogP contribution in [0.5, 0.6) is 0 Å². The third-order valence-electron chi connectivity index (χ3n) is 0.708. The average Bonchev–Trinajstić information content (AvgIpc) is 1.84. The maximum Gasteiger partial charge on any atom is 0.512 e. The Balaban J connectivity index is 4.33.